The Hall–Kier alpha value is -1.18. The van der Waals surface area contributed by atoms with Gasteiger partial charge in [0.25, 0.3) is 0 Å². The van der Waals surface area contributed by atoms with Gasteiger partial charge in [-0.25, -0.2) is 24.0 Å². The molecule has 0 atom stereocenters. The quantitative estimate of drug-likeness (QED) is 0.558. The van der Waals surface area contributed by atoms with Crippen LogP contribution in [0, 0.1) is 5.92 Å². The Bertz CT molecular complexity index is 512. The molecule has 0 unspecified atom stereocenters. The van der Waals surface area contributed by atoms with E-state index in [1.807, 2.05) is 0 Å². The number of rotatable bonds is 5. The van der Waals surface area contributed by atoms with Crippen LogP contribution in [0.15, 0.2) is 23.2 Å². The number of aromatic nitrogens is 1. The van der Waals surface area contributed by atoms with E-state index in [-0.39, 0.29) is 10.7 Å². The highest BCUT2D eigenvalue weighted by molar-refractivity contribution is 7.89. The van der Waals surface area contributed by atoms with E-state index in [2.05, 4.69) is 15.1 Å². The average molecular weight is 284 g/mol. The minimum absolute atomic E-state index is 0.0910. The lowest BCUT2D eigenvalue weighted by Crippen LogP contribution is -2.31. The maximum absolute atomic E-state index is 12.2. The van der Waals surface area contributed by atoms with Gasteiger partial charge < -0.3 is 5.43 Å². The summed E-state index contributed by atoms with van der Waals surface area (Å²) in [5.41, 5.74) is 2.31. The standard InChI is InChI=1S/C12H20N4O2S/c13-16-12-11(7-4-8-14-12)19(17,18)15-9-10-5-2-1-3-6-10/h4,7-8,10,15H,1-3,5-6,9,13H2,(H,14,16). The molecule has 1 aromatic rings. The van der Waals surface area contributed by atoms with Gasteiger partial charge in [0, 0.05) is 12.7 Å². The molecule has 2 rings (SSSR count). The monoisotopic (exact) mass is 284 g/mol. The summed E-state index contributed by atoms with van der Waals surface area (Å²) < 4.78 is 27.1. The number of sulfonamides is 1. The van der Waals surface area contributed by atoms with Crippen molar-refractivity contribution < 1.29 is 8.42 Å². The van der Waals surface area contributed by atoms with Gasteiger partial charge in [-0.15, -0.1) is 0 Å². The lowest BCUT2D eigenvalue weighted by atomic mass is 9.90. The van der Waals surface area contributed by atoms with Crippen LogP contribution < -0.4 is 16.0 Å². The highest BCUT2D eigenvalue weighted by atomic mass is 32.2. The first-order chi connectivity index (χ1) is 9.13. The van der Waals surface area contributed by atoms with Crippen LogP contribution in [0.3, 0.4) is 0 Å². The van der Waals surface area contributed by atoms with Crippen LogP contribution in [-0.2, 0) is 10.0 Å². The van der Waals surface area contributed by atoms with Gasteiger partial charge in [0.05, 0.1) is 0 Å². The molecule has 0 radical (unpaired) electrons. The number of hydrogen-bond donors (Lipinski definition) is 3. The van der Waals surface area contributed by atoms with Crippen LogP contribution in [0.2, 0.25) is 0 Å². The summed E-state index contributed by atoms with van der Waals surface area (Å²) in [6, 6.07) is 3.07. The van der Waals surface area contributed by atoms with Crippen molar-refractivity contribution in [2.24, 2.45) is 11.8 Å². The summed E-state index contributed by atoms with van der Waals surface area (Å²) >= 11 is 0. The maximum Gasteiger partial charge on any atom is 0.244 e. The molecule has 0 spiro atoms. The Morgan fingerprint density at radius 1 is 1.32 bits per heavy atom. The van der Waals surface area contributed by atoms with Gasteiger partial charge >= 0.3 is 0 Å². The Morgan fingerprint density at radius 3 is 2.74 bits per heavy atom. The first-order valence-corrected chi connectivity index (χ1v) is 8.03. The van der Waals surface area contributed by atoms with E-state index >= 15 is 0 Å². The van der Waals surface area contributed by atoms with E-state index in [9.17, 15) is 8.42 Å². The highest BCUT2D eigenvalue weighted by Crippen LogP contribution is 2.24. The summed E-state index contributed by atoms with van der Waals surface area (Å²) in [6.45, 7) is 0.487. The second-order valence-corrected chi connectivity index (χ2v) is 6.59. The fourth-order valence-electron chi connectivity index (χ4n) is 2.41. The zero-order valence-corrected chi connectivity index (χ0v) is 11.6. The SMILES string of the molecule is NNc1ncccc1S(=O)(=O)NCC1CCCCC1. The molecule has 1 aliphatic carbocycles. The first-order valence-electron chi connectivity index (χ1n) is 6.55. The van der Waals surface area contributed by atoms with Crippen molar-refractivity contribution in [3.8, 4) is 0 Å². The molecule has 6 nitrogen and oxygen atoms in total. The molecule has 0 aliphatic heterocycles. The number of anilines is 1. The van der Waals surface area contributed by atoms with E-state index in [0.717, 1.165) is 12.8 Å². The second kappa shape index (κ2) is 6.31. The Labute approximate surface area is 113 Å². The number of hydrazine groups is 1. The minimum atomic E-state index is -3.56. The van der Waals surface area contributed by atoms with Crippen LogP contribution >= 0.6 is 0 Å². The third-order valence-corrected chi connectivity index (χ3v) is 4.94. The van der Waals surface area contributed by atoms with Crippen LogP contribution in [0.1, 0.15) is 32.1 Å². The van der Waals surface area contributed by atoms with Gasteiger partial charge in [-0.3, -0.25) is 0 Å². The lowest BCUT2D eigenvalue weighted by molar-refractivity contribution is 0.357. The van der Waals surface area contributed by atoms with E-state index in [1.54, 1.807) is 6.07 Å². The van der Waals surface area contributed by atoms with Gasteiger partial charge in [0.2, 0.25) is 10.0 Å². The fraction of sp³-hybridized carbons (Fsp3) is 0.583. The number of hydrogen-bond acceptors (Lipinski definition) is 5. The smallest absolute Gasteiger partial charge is 0.244 e. The predicted octanol–water partition coefficient (Wildman–Crippen LogP) is 1.23. The van der Waals surface area contributed by atoms with Gasteiger partial charge in [-0.05, 0) is 30.9 Å². The molecule has 1 saturated carbocycles. The molecule has 0 bridgehead atoms. The summed E-state index contributed by atoms with van der Waals surface area (Å²) in [5.74, 6) is 5.89. The topological polar surface area (TPSA) is 97.1 Å². The van der Waals surface area contributed by atoms with Crippen LogP contribution in [0.4, 0.5) is 5.82 Å². The zero-order valence-electron chi connectivity index (χ0n) is 10.8. The molecule has 7 heteroatoms. The molecule has 1 fully saturated rings. The molecule has 1 aromatic heterocycles. The largest absolute Gasteiger partial charge is 0.307 e. The van der Waals surface area contributed by atoms with Crippen molar-refractivity contribution in [1.29, 1.82) is 0 Å². The molecular formula is C12H20N4O2S. The summed E-state index contributed by atoms with van der Waals surface area (Å²) in [7, 11) is -3.56. The number of nitrogens with zero attached hydrogens (tertiary/aromatic N) is 1. The Kier molecular flexibility index (Phi) is 4.73. The van der Waals surface area contributed by atoms with E-state index < -0.39 is 10.0 Å². The average Bonchev–Trinajstić information content (AvgIpc) is 2.46. The molecule has 19 heavy (non-hydrogen) atoms. The van der Waals surface area contributed by atoms with Crippen molar-refractivity contribution in [2.75, 3.05) is 12.0 Å². The summed E-state index contributed by atoms with van der Waals surface area (Å²) in [6.07, 6.45) is 7.32. The lowest BCUT2D eigenvalue weighted by Gasteiger charge is -2.21. The van der Waals surface area contributed by atoms with E-state index in [1.165, 1.54) is 31.5 Å². The van der Waals surface area contributed by atoms with Crippen molar-refractivity contribution in [3.05, 3.63) is 18.3 Å². The second-order valence-electron chi connectivity index (χ2n) is 4.85. The van der Waals surface area contributed by atoms with E-state index in [0.29, 0.717) is 12.5 Å². The molecule has 1 heterocycles. The number of nitrogens with one attached hydrogen (secondary N) is 2. The van der Waals surface area contributed by atoms with Crippen LogP contribution in [-0.4, -0.2) is 19.9 Å². The normalized spacial score (nSPS) is 17.3. The Morgan fingerprint density at radius 2 is 2.05 bits per heavy atom. The van der Waals surface area contributed by atoms with Crippen molar-refractivity contribution in [2.45, 2.75) is 37.0 Å². The van der Waals surface area contributed by atoms with Crippen molar-refractivity contribution in [3.63, 3.8) is 0 Å². The van der Waals surface area contributed by atoms with Gasteiger partial charge in [0.1, 0.15) is 4.90 Å². The van der Waals surface area contributed by atoms with Crippen molar-refractivity contribution >= 4 is 15.8 Å². The zero-order chi connectivity index (χ0) is 13.7. The molecule has 0 aromatic carbocycles. The number of nitrogen functional groups attached to an aromatic ring is 1. The first kappa shape index (κ1) is 14.2. The number of nitrogens with two attached hydrogens (primary N) is 1. The summed E-state index contributed by atoms with van der Waals surface area (Å²) in [4.78, 5) is 3.99. The fourth-order valence-corrected chi connectivity index (χ4v) is 3.65. The Balaban J connectivity index is 2.05. The molecular weight excluding hydrogens is 264 g/mol. The predicted molar refractivity (Wildman–Crippen MR) is 73.8 cm³/mol. The van der Waals surface area contributed by atoms with Crippen LogP contribution in [0.25, 0.3) is 0 Å². The highest BCUT2D eigenvalue weighted by Gasteiger charge is 2.21. The number of pyridine rings is 1. The maximum atomic E-state index is 12.2. The van der Waals surface area contributed by atoms with Crippen molar-refractivity contribution in [1.82, 2.24) is 9.71 Å². The summed E-state index contributed by atoms with van der Waals surface area (Å²) in [5, 5.41) is 0. The third kappa shape index (κ3) is 3.65. The van der Waals surface area contributed by atoms with Crippen LogP contribution in [0.5, 0.6) is 0 Å². The minimum Gasteiger partial charge on any atom is -0.307 e. The van der Waals surface area contributed by atoms with Gasteiger partial charge in [0.15, 0.2) is 5.82 Å². The van der Waals surface area contributed by atoms with Gasteiger partial charge in [-0.1, -0.05) is 19.3 Å². The molecule has 106 valence electrons. The van der Waals surface area contributed by atoms with Gasteiger partial charge in [-0.2, -0.15) is 0 Å². The molecule has 1 aliphatic rings. The molecule has 0 amide bonds. The third-order valence-electron chi connectivity index (χ3n) is 3.48. The molecule has 4 N–H and O–H groups in total. The molecule has 0 saturated heterocycles. The van der Waals surface area contributed by atoms with E-state index in [4.69, 9.17) is 5.84 Å².